The number of amides is 2. The van der Waals surface area contributed by atoms with Gasteiger partial charge in [-0.15, -0.1) is 0 Å². The fourth-order valence-corrected chi connectivity index (χ4v) is 1.78. The fraction of sp³-hybridized carbons (Fsp3) is 0.385. The van der Waals surface area contributed by atoms with E-state index in [1.165, 1.54) is 0 Å². The minimum Gasteiger partial charge on any atom is -0.480 e. The molecule has 1 aromatic rings. The number of urea groups is 1. The summed E-state index contributed by atoms with van der Waals surface area (Å²) in [5, 5.41) is 13.8. The zero-order chi connectivity index (χ0) is 14.5. The van der Waals surface area contributed by atoms with E-state index in [2.05, 4.69) is 10.6 Å². The molecule has 20 heavy (non-hydrogen) atoms. The summed E-state index contributed by atoms with van der Waals surface area (Å²) in [6.07, 6.45) is 0.326. The first-order valence-electron chi connectivity index (χ1n) is 6.26. The van der Waals surface area contributed by atoms with Gasteiger partial charge in [-0.2, -0.15) is 0 Å². The highest BCUT2D eigenvalue weighted by molar-refractivity contribution is 5.82. The number of rotatable bonds is 5. The maximum atomic E-state index is 11.6. The first-order chi connectivity index (χ1) is 9.60. The predicted molar refractivity (Wildman–Crippen MR) is 69.7 cm³/mol. The van der Waals surface area contributed by atoms with Crippen LogP contribution in [0.3, 0.4) is 0 Å². The summed E-state index contributed by atoms with van der Waals surface area (Å²) in [6.45, 7) is 2.17. The molecule has 0 bridgehead atoms. The Morgan fingerprint density at radius 2 is 2.10 bits per heavy atom. The number of carboxylic acid groups (broad SMARTS) is 1. The van der Waals surface area contributed by atoms with Crippen molar-refractivity contribution in [1.82, 2.24) is 10.6 Å². The molecule has 0 aliphatic carbocycles. The normalized spacial score (nSPS) is 13.7. The Balaban J connectivity index is 1.85. The molecule has 108 valence electrons. The van der Waals surface area contributed by atoms with Crippen LogP contribution >= 0.6 is 0 Å². The Morgan fingerprint density at radius 1 is 1.35 bits per heavy atom. The SMILES string of the molecule is CC[C@H](NC(=O)NCc1ccc2c(c1)OCO2)C(=O)O. The fourth-order valence-electron chi connectivity index (χ4n) is 1.78. The van der Waals surface area contributed by atoms with Crippen LogP contribution < -0.4 is 20.1 Å². The summed E-state index contributed by atoms with van der Waals surface area (Å²) in [4.78, 5) is 22.4. The number of ether oxygens (including phenoxy) is 2. The van der Waals surface area contributed by atoms with Crippen LogP contribution in [0.25, 0.3) is 0 Å². The van der Waals surface area contributed by atoms with Gasteiger partial charge in [0.05, 0.1) is 0 Å². The third-order valence-corrected chi connectivity index (χ3v) is 2.90. The van der Waals surface area contributed by atoms with Gasteiger partial charge in [-0.05, 0) is 24.1 Å². The third kappa shape index (κ3) is 3.31. The molecule has 7 heteroatoms. The van der Waals surface area contributed by atoms with Crippen LogP contribution in [-0.2, 0) is 11.3 Å². The smallest absolute Gasteiger partial charge is 0.326 e. The van der Waals surface area contributed by atoms with E-state index in [4.69, 9.17) is 14.6 Å². The standard InChI is InChI=1S/C13H16N2O5/c1-2-9(12(16)17)15-13(18)14-6-8-3-4-10-11(5-8)20-7-19-10/h3-5,9H,2,6-7H2,1H3,(H,16,17)(H2,14,15,18)/t9-/m0/s1. The average Bonchev–Trinajstić information content (AvgIpc) is 2.89. The van der Waals surface area contributed by atoms with Gasteiger partial charge in [-0.25, -0.2) is 9.59 Å². The van der Waals surface area contributed by atoms with Crippen molar-refractivity contribution in [2.45, 2.75) is 25.9 Å². The molecule has 1 aliphatic heterocycles. The largest absolute Gasteiger partial charge is 0.480 e. The van der Waals surface area contributed by atoms with Crippen LogP contribution in [0.4, 0.5) is 4.79 Å². The van der Waals surface area contributed by atoms with E-state index in [1.54, 1.807) is 19.1 Å². The van der Waals surface area contributed by atoms with Crippen LogP contribution in [0.2, 0.25) is 0 Å². The summed E-state index contributed by atoms with van der Waals surface area (Å²) in [7, 11) is 0. The maximum Gasteiger partial charge on any atom is 0.326 e. The van der Waals surface area contributed by atoms with Crippen molar-refractivity contribution in [3.05, 3.63) is 23.8 Å². The van der Waals surface area contributed by atoms with Crippen molar-refractivity contribution in [2.24, 2.45) is 0 Å². The second-order valence-electron chi connectivity index (χ2n) is 4.31. The van der Waals surface area contributed by atoms with Crippen LogP contribution in [0.15, 0.2) is 18.2 Å². The Kier molecular flexibility index (Phi) is 4.29. The Labute approximate surface area is 115 Å². The van der Waals surface area contributed by atoms with Crippen LogP contribution in [0.5, 0.6) is 11.5 Å². The van der Waals surface area contributed by atoms with Gasteiger partial charge in [0.1, 0.15) is 6.04 Å². The van der Waals surface area contributed by atoms with E-state index in [0.717, 1.165) is 5.56 Å². The maximum absolute atomic E-state index is 11.6. The third-order valence-electron chi connectivity index (χ3n) is 2.90. The first-order valence-corrected chi connectivity index (χ1v) is 6.26. The van der Waals surface area contributed by atoms with E-state index in [9.17, 15) is 9.59 Å². The molecule has 1 heterocycles. The highest BCUT2D eigenvalue weighted by Crippen LogP contribution is 2.32. The van der Waals surface area contributed by atoms with E-state index >= 15 is 0 Å². The van der Waals surface area contributed by atoms with Crippen molar-refractivity contribution >= 4 is 12.0 Å². The highest BCUT2D eigenvalue weighted by atomic mass is 16.7. The van der Waals surface area contributed by atoms with E-state index in [1.807, 2.05) is 6.07 Å². The lowest BCUT2D eigenvalue weighted by Crippen LogP contribution is -2.45. The molecule has 1 aliphatic rings. The molecule has 1 aromatic carbocycles. The first kappa shape index (κ1) is 14.0. The second kappa shape index (κ2) is 6.14. The number of aliphatic carboxylic acids is 1. The van der Waals surface area contributed by atoms with Crippen LogP contribution in [0.1, 0.15) is 18.9 Å². The lowest BCUT2D eigenvalue weighted by atomic mass is 10.2. The zero-order valence-electron chi connectivity index (χ0n) is 11.0. The number of nitrogens with one attached hydrogen (secondary N) is 2. The quantitative estimate of drug-likeness (QED) is 0.750. The molecular weight excluding hydrogens is 264 g/mol. The number of carboxylic acids is 1. The predicted octanol–water partition coefficient (Wildman–Crippen LogP) is 1.08. The lowest BCUT2D eigenvalue weighted by Gasteiger charge is -2.13. The van der Waals surface area contributed by atoms with Gasteiger partial charge in [-0.1, -0.05) is 13.0 Å². The molecule has 2 amide bonds. The summed E-state index contributed by atoms with van der Waals surface area (Å²) < 4.78 is 10.4. The van der Waals surface area contributed by atoms with Gasteiger partial charge < -0.3 is 25.2 Å². The van der Waals surface area contributed by atoms with E-state index < -0.39 is 18.0 Å². The van der Waals surface area contributed by atoms with Crippen molar-refractivity contribution in [3.8, 4) is 11.5 Å². The molecule has 0 unspecified atom stereocenters. The van der Waals surface area contributed by atoms with Crippen LogP contribution in [-0.4, -0.2) is 29.9 Å². The number of fused-ring (bicyclic) bond motifs is 1. The van der Waals surface area contributed by atoms with Gasteiger partial charge in [0.15, 0.2) is 11.5 Å². The van der Waals surface area contributed by atoms with Gasteiger partial charge in [0, 0.05) is 6.54 Å². The molecular formula is C13H16N2O5. The average molecular weight is 280 g/mol. The lowest BCUT2D eigenvalue weighted by molar-refractivity contribution is -0.139. The summed E-state index contributed by atoms with van der Waals surface area (Å²) in [6, 6.07) is 3.95. The van der Waals surface area contributed by atoms with Gasteiger partial charge in [0.25, 0.3) is 0 Å². The molecule has 0 fully saturated rings. The number of benzene rings is 1. The van der Waals surface area contributed by atoms with Gasteiger partial charge in [0.2, 0.25) is 6.79 Å². The zero-order valence-corrected chi connectivity index (χ0v) is 11.0. The number of hydrogen-bond acceptors (Lipinski definition) is 4. The van der Waals surface area contributed by atoms with Gasteiger partial charge >= 0.3 is 12.0 Å². The molecule has 7 nitrogen and oxygen atoms in total. The molecule has 0 saturated carbocycles. The van der Waals surface area contributed by atoms with Crippen molar-refractivity contribution in [2.75, 3.05) is 6.79 Å². The summed E-state index contributed by atoms with van der Waals surface area (Å²) in [5.74, 6) is 0.266. The van der Waals surface area contributed by atoms with Crippen LogP contribution in [0, 0.1) is 0 Å². The van der Waals surface area contributed by atoms with Crippen molar-refractivity contribution in [1.29, 1.82) is 0 Å². The van der Waals surface area contributed by atoms with Crippen molar-refractivity contribution in [3.63, 3.8) is 0 Å². The Bertz CT molecular complexity index is 517. The molecule has 0 aromatic heterocycles. The number of carbonyl (C=O) groups is 2. The number of hydrogen-bond donors (Lipinski definition) is 3. The van der Waals surface area contributed by atoms with E-state index in [-0.39, 0.29) is 13.3 Å². The Morgan fingerprint density at radius 3 is 2.80 bits per heavy atom. The van der Waals surface area contributed by atoms with Crippen molar-refractivity contribution < 1.29 is 24.2 Å². The summed E-state index contributed by atoms with van der Waals surface area (Å²) >= 11 is 0. The summed E-state index contributed by atoms with van der Waals surface area (Å²) in [5.41, 5.74) is 0.841. The van der Waals surface area contributed by atoms with E-state index in [0.29, 0.717) is 17.9 Å². The monoisotopic (exact) mass is 280 g/mol. The molecule has 0 spiro atoms. The molecule has 0 radical (unpaired) electrons. The minimum absolute atomic E-state index is 0.198. The molecule has 1 atom stereocenters. The second-order valence-corrected chi connectivity index (χ2v) is 4.31. The molecule has 2 rings (SSSR count). The van der Waals surface area contributed by atoms with Gasteiger partial charge in [-0.3, -0.25) is 0 Å². The molecule has 3 N–H and O–H groups in total. The highest BCUT2D eigenvalue weighted by Gasteiger charge is 2.17. The number of carbonyl (C=O) groups excluding carboxylic acids is 1. The topological polar surface area (TPSA) is 96.9 Å². The molecule has 0 saturated heterocycles. The minimum atomic E-state index is -1.05. The Hall–Kier alpha value is -2.44.